The van der Waals surface area contributed by atoms with Crippen molar-refractivity contribution in [3.05, 3.63) is 56.7 Å². The quantitative estimate of drug-likeness (QED) is 0.779. The maximum Gasteiger partial charge on any atom is 0.176 e. The molecular weight excluding hydrogens is 310 g/mol. The van der Waals surface area contributed by atoms with Crippen LogP contribution < -0.4 is 0 Å². The number of hydrogen-bond donors (Lipinski definition) is 0. The Kier molecular flexibility index (Phi) is 4.69. The molecule has 18 heavy (non-hydrogen) atoms. The Morgan fingerprint density at radius 2 is 2.17 bits per heavy atom. The number of nitrogens with zero attached hydrogens (tertiary/aromatic N) is 1. The first-order chi connectivity index (χ1) is 8.65. The number of halogens is 1. The van der Waals surface area contributed by atoms with Gasteiger partial charge in [-0.2, -0.15) is 0 Å². The van der Waals surface area contributed by atoms with Crippen molar-refractivity contribution in [2.75, 3.05) is 13.6 Å². The molecule has 1 aromatic heterocycles. The van der Waals surface area contributed by atoms with Crippen molar-refractivity contribution in [2.24, 2.45) is 0 Å². The zero-order chi connectivity index (χ0) is 13.0. The van der Waals surface area contributed by atoms with E-state index in [2.05, 4.69) is 27.4 Å². The summed E-state index contributed by atoms with van der Waals surface area (Å²) in [5.74, 6) is 0.148. The average Bonchev–Trinajstić information content (AvgIpc) is 2.81. The lowest BCUT2D eigenvalue weighted by Crippen LogP contribution is -2.25. The molecule has 0 fully saturated rings. The highest BCUT2D eigenvalue weighted by Crippen LogP contribution is 2.14. The first-order valence-corrected chi connectivity index (χ1v) is 7.32. The van der Waals surface area contributed by atoms with E-state index in [0.717, 1.165) is 16.6 Å². The molecule has 0 spiro atoms. The fourth-order valence-electron chi connectivity index (χ4n) is 1.72. The molecule has 1 heterocycles. The van der Waals surface area contributed by atoms with Gasteiger partial charge in [0.2, 0.25) is 0 Å². The first kappa shape index (κ1) is 13.5. The minimum absolute atomic E-state index is 0.148. The molecule has 0 saturated heterocycles. The van der Waals surface area contributed by atoms with E-state index in [-0.39, 0.29) is 5.78 Å². The van der Waals surface area contributed by atoms with Crippen molar-refractivity contribution in [2.45, 2.75) is 6.54 Å². The average molecular weight is 324 g/mol. The second-order valence-corrected chi connectivity index (χ2v) is 6.13. The maximum atomic E-state index is 12.1. The Morgan fingerprint density at radius 1 is 1.33 bits per heavy atom. The van der Waals surface area contributed by atoms with Gasteiger partial charge in [0.15, 0.2) is 5.78 Å². The van der Waals surface area contributed by atoms with Crippen LogP contribution in [0.2, 0.25) is 0 Å². The van der Waals surface area contributed by atoms with Crippen LogP contribution >= 0.6 is 27.3 Å². The van der Waals surface area contributed by atoms with E-state index in [1.807, 2.05) is 42.3 Å². The lowest BCUT2D eigenvalue weighted by Gasteiger charge is -2.14. The van der Waals surface area contributed by atoms with Gasteiger partial charge in [-0.25, -0.2) is 0 Å². The molecule has 0 radical (unpaired) electrons. The van der Waals surface area contributed by atoms with E-state index in [1.165, 1.54) is 4.88 Å². The van der Waals surface area contributed by atoms with Gasteiger partial charge in [-0.1, -0.05) is 34.1 Å². The number of Topliss-reactive ketones (excluding diaryl/α,β-unsaturated/α-hetero) is 1. The second-order valence-electron chi connectivity index (χ2n) is 4.19. The van der Waals surface area contributed by atoms with Crippen molar-refractivity contribution >= 4 is 33.0 Å². The van der Waals surface area contributed by atoms with E-state index in [4.69, 9.17) is 0 Å². The molecule has 0 N–H and O–H groups in total. The van der Waals surface area contributed by atoms with Crippen molar-refractivity contribution in [1.82, 2.24) is 4.90 Å². The Hall–Kier alpha value is -0.970. The third-order valence-electron chi connectivity index (χ3n) is 2.57. The lowest BCUT2D eigenvalue weighted by molar-refractivity contribution is 0.0943. The van der Waals surface area contributed by atoms with E-state index >= 15 is 0 Å². The van der Waals surface area contributed by atoms with Gasteiger partial charge in [0.1, 0.15) is 0 Å². The Morgan fingerprint density at radius 3 is 2.83 bits per heavy atom. The van der Waals surface area contributed by atoms with Crippen LogP contribution in [0.15, 0.2) is 46.3 Å². The summed E-state index contributed by atoms with van der Waals surface area (Å²) >= 11 is 5.10. The van der Waals surface area contributed by atoms with Crippen LogP contribution in [0.3, 0.4) is 0 Å². The first-order valence-electron chi connectivity index (χ1n) is 5.65. The zero-order valence-corrected chi connectivity index (χ0v) is 12.5. The minimum atomic E-state index is 0.148. The number of ketones is 1. The van der Waals surface area contributed by atoms with Crippen molar-refractivity contribution in [3.8, 4) is 0 Å². The van der Waals surface area contributed by atoms with E-state index in [9.17, 15) is 4.79 Å². The van der Waals surface area contributed by atoms with E-state index in [1.54, 1.807) is 11.3 Å². The topological polar surface area (TPSA) is 20.3 Å². The third kappa shape index (κ3) is 3.77. The van der Waals surface area contributed by atoms with Gasteiger partial charge in [-0.3, -0.25) is 9.69 Å². The van der Waals surface area contributed by atoms with Crippen molar-refractivity contribution in [3.63, 3.8) is 0 Å². The van der Waals surface area contributed by atoms with Crippen LogP contribution in [0.4, 0.5) is 0 Å². The molecule has 0 bridgehead atoms. The van der Waals surface area contributed by atoms with Gasteiger partial charge < -0.3 is 0 Å². The van der Waals surface area contributed by atoms with Crippen LogP contribution in [0.1, 0.15) is 15.2 Å². The Balaban J connectivity index is 1.95. The van der Waals surface area contributed by atoms with E-state index in [0.29, 0.717) is 6.54 Å². The summed E-state index contributed by atoms with van der Waals surface area (Å²) < 4.78 is 0.939. The third-order valence-corrected chi connectivity index (χ3v) is 3.92. The normalized spacial score (nSPS) is 10.8. The molecule has 0 aliphatic rings. The summed E-state index contributed by atoms with van der Waals surface area (Å²) in [4.78, 5) is 15.4. The monoisotopic (exact) mass is 323 g/mol. The van der Waals surface area contributed by atoms with Crippen LogP contribution in [-0.2, 0) is 6.54 Å². The number of benzene rings is 1. The molecule has 94 valence electrons. The molecule has 0 amide bonds. The SMILES string of the molecule is CN(CC(=O)c1cccc(Br)c1)Cc1cccs1. The zero-order valence-electron chi connectivity index (χ0n) is 10.1. The Labute approximate surface area is 119 Å². The summed E-state index contributed by atoms with van der Waals surface area (Å²) in [5.41, 5.74) is 0.752. The fraction of sp³-hybridized carbons (Fsp3) is 0.214. The van der Waals surface area contributed by atoms with Gasteiger partial charge in [0.25, 0.3) is 0 Å². The summed E-state index contributed by atoms with van der Waals surface area (Å²) in [5, 5.41) is 2.05. The highest BCUT2D eigenvalue weighted by atomic mass is 79.9. The highest BCUT2D eigenvalue weighted by Gasteiger charge is 2.10. The van der Waals surface area contributed by atoms with Crippen LogP contribution in [-0.4, -0.2) is 24.3 Å². The number of hydrogen-bond acceptors (Lipinski definition) is 3. The summed E-state index contributed by atoms with van der Waals surface area (Å²) in [6.45, 7) is 1.26. The summed E-state index contributed by atoms with van der Waals surface area (Å²) in [6, 6.07) is 11.6. The van der Waals surface area contributed by atoms with Gasteiger partial charge in [0.05, 0.1) is 6.54 Å². The lowest BCUT2D eigenvalue weighted by atomic mass is 10.1. The van der Waals surface area contributed by atoms with Gasteiger partial charge in [-0.15, -0.1) is 11.3 Å². The molecule has 4 heteroatoms. The smallest absolute Gasteiger partial charge is 0.176 e. The maximum absolute atomic E-state index is 12.1. The molecule has 0 aliphatic carbocycles. The standard InChI is InChI=1S/C14H14BrNOS/c1-16(9-13-6-3-7-18-13)10-14(17)11-4-2-5-12(15)8-11/h2-8H,9-10H2,1H3. The highest BCUT2D eigenvalue weighted by molar-refractivity contribution is 9.10. The minimum Gasteiger partial charge on any atom is -0.294 e. The number of thiophene rings is 1. The van der Waals surface area contributed by atoms with Gasteiger partial charge in [0, 0.05) is 21.5 Å². The van der Waals surface area contributed by atoms with Gasteiger partial charge in [-0.05, 0) is 30.6 Å². The molecule has 0 aliphatic heterocycles. The molecule has 2 nitrogen and oxygen atoms in total. The largest absolute Gasteiger partial charge is 0.294 e. The molecule has 0 saturated carbocycles. The number of carbonyl (C=O) groups excluding carboxylic acids is 1. The van der Waals surface area contributed by atoms with Crippen LogP contribution in [0.25, 0.3) is 0 Å². The Bertz CT molecular complexity index is 524. The number of carbonyl (C=O) groups is 1. The number of likely N-dealkylation sites (N-methyl/N-ethyl adjacent to an activating group) is 1. The molecular formula is C14H14BrNOS. The fourth-order valence-corrected chi connectivity index (χ4v) is 2.91. The predicted octanol–water partition coefficient (Wildman–Crippen LogP) is 3.83. The second kappa shape index (κ2) is 6.27. The van der Waals surface area contributed by atoms with Crippen LogP contribution in [0.5, 0.6) is 0 Å². The summed E-state index contributed by atoms with van der Waals surface area (Å²) in [7, 11) is 1.97. The molecule has 0 atom stereocenters. The predicted molar refractivity (Wildman–Crippen MR) is 79.1 cm³/mol. The van der Waals surface area contributed by atoms with Crippen molar-refractivity contribution < 1.29 is 4.79 Å². The molecule has 2 aromatic rings. The van der Waals surface area contributed by atoms with Gasteiger partial charge >= 0.3 is 0 Å². The number of rotatable bonds is 5. The molecule has 0 unspecified atom stereocenters. The van der Waals surface area contributed by atoms with Crippen molar-refractivity contribution in [1.29, 1.82) is 0 Å². The van der Waals surface area contributed by atoms with Crippen LogP contribution in [0, 0.1) is 0 Å². The molecule has 2 rings (SSSR count). The summed E-state index contributed by atoms with van der Waals surface area (Å²) in [6.07, 6.45) is 0. The van der Waals surface area contributed by atoms with E-state index < -0.39 is 0 Å². The molecule has 1 aromatic carbocycles.